The Hall–Kier alpha value is -1.98. The standard InChI is InChI=1S/C22H24BrNO3/c1-2-27-21(26)22(18-6-4-3-5-7-18)12-14-24(15-13-22)16-20(25)17-8-10-19(23)11-9-17/h3-11H,2,12-16H2,1H3. The van der Waals surface area contributed by atoms with Crippen molar-refractivity contribution < 1.29 is 14.3 Å². The van der Waals surface area contributed by atoms with Gasteiger partial charge < -0.3 is 4.74 Å². The summed E-state index contributed by atoms with van der Waals surface area (Å²) in [6.45, 7) is 3.96. The maximum Gasteiger partial charge on any atom is 0.316 e. The fourth-order valence-electron chi connectivity index (χ4n) is 3.66. The quantitative estimate of drug-likeness (QED) is 0.509. The molecule has 0 spiro atoms. The van der Waals surface area contributed by atoms with E-state index in [1.807, 2.05) is 61.5 Å². The van der Waals surface area contributed by atoms with Crippen molar-refractivity contribution in [2.24, 2.45) is 0 Å². The monoisotopic (exact) mass is 429 g/mol. The molecule has 2 aromatic carbocycles. The molecule has 2 aromatic rings. The van der Waals surface area contributed by atoms with E-state index in [9.17, 15) is 9.59 Å². The van der Waals surface area contributed by atoms with Crippen molar-refractivity contribution >= 4 is 27.7 Å². The zero-order valence-electron chi connectivity index (χ0n) is 15.5. The highest BCUT2D eigenvalue weighted by molar-refractivity contribution is 9.10. The first-order valence-corrected chi connectivity index (χ1v) is 10.1. The summed E-state index contributed by atoms with van der Waals surface area (Å²) in [7, 11) is 0. The van der Waals surface area contributed by atoms with Crippen molar-refractivity contribution in [3.05, 3.63) is 70.2 Å². The van der Waals surface area contributed by atoms with E-state index < -0.39 is 5.41 Å². The van der Waals surface area contributed by atoms with E-state index in [2.05, 4.69) is 20.8 Å². The molecule has 142 valence electrons. The van der Waals surface area contributed by atoms with Crippen LogP contribution >= 0.6 is 15.9 Å². The number of Topliss-reactive ketones (excluding diaryl/α,β-unsaturated/α-hetero) is 1. The fourth-order valence-corrected chi connectivity index (χ4v) is 3.92. The van der Waals surface area contributed by atoms with Gasteiger partial charge in [0.25, 0.3) is 0 Å². The van der Waals surface area contributed by atoms with Crippen LogP contribution in [0.15, 0.2) is 59.1 Å². The van der Waals surface area contributed by atoms with Gasteiger partial charge in [0.15, 0.2) is 5.78 Å². The van der Waals surface area contributed by atoms with Crippen LogP contribution in [0.2, 0.25) is 0 Å². The first-order valence-electron chi connectivity index (χ1n) is 9.29. The lowest BCUT2D eigenvalue weighted by atomic mass is 9.72. The van der Waals surface area contributed by atoms with E-state index in [0.29, 0.717) is 44.6 Å². The summed E-state index contributed by atoms with van der Waals surface area (Å²) in [5.74, 6) is -0.0547. The first-order chi connectivity index (χ1) is 13.0. The van der Waals surface area contributed by atoms with Gasteiger partial charge in [0.1, 0.15) is 0 Å². The molecule has 0 N–H and O–H groups in total. The third kappa shape index (κ3) is 4.47. The number of carbonyl (C=O) groups is 2. The van der Waals surface area contributed by atoms with Crippen LogP contribution in [0, 0.1) is 0 Å². The van der Waals surface area contributed by atoms with Crippen LogP contribution < -0.4 is 0 Å². The molecule has 0 unspecified atom stereocenters. The number of likely N-dealkylation sites (tertiary alicyclic amines) is 1. The van der Waals surface area contributed by atoms with Gasteiger partial charge in [-0.05, 0) is 37.5 Å². The van der Waals surface area contributed by atoms with Crippen LogP contribution in [0.25, 0.3) is 0 Å². The van der Waals surface area contributed by atoms with Gasteiger partial charge in [-0.3, -0.25) is 14.5 Å². The molecule has 0 atom stereocenters. The minimum atomic E-state index is -0.617. The molecule has 0 amide bonds. The zero-order chi connectivity index (χ0) is 19.3. The average Bonchev–Trinajstić information content (AvgIpc) is 2.70. The second-order valence-corrected chi connectivity index (χ2v) is 7.79. The molecule has 4 nitrogen and oxygen atoms in total. The molecule has 1 heterocycles. The van der Waals surface area contributed by atoms with Gasteiger partial charge >= 0.3 is 5.97 Å². The van der Waals surface area contributed by atoms with Crippen molar-refractivity contribution in [3.63, 3.8) is 0 Å². The molecule has 27 heavy (non-hydrogen) atoms. The molecule has 0 aliphatic carbocycles. The molecule has 0 bridgehead atoms. The summed E-state index contributed by atoms with van der Waals surface area (Å²) in [6.07, 6.45) is 1.31. The van der Waals surface area contributed by atoms with E-state index in [0.717, 1.165) is 10.0 Å². The van der Waals surface area contributed by atoms with Gasteiger partial charge in [0.2, 0.25) is 0 Å². The third-order valence-electron chi connectivity index (χ3n) is 5.24. The molecule has 0 saturated carbocycles. The van der Waals surface area contributed by atoms with E-state index in [1.54, 1.807) is 0 Å². The summed E-state index contributed by atoms with van der Waals surface area (Å²) >= 11 is 3.39. The van der Waals surface area contributed by atoms with Gasteiger partial charge in [-0.25, -0.2) is 0 Å². The number of ketones is 1. The van der Waals surface area contributed by atoms with Crippen molar-refractivity contribution in [3.8, 4) is 0 Å². The highest BCUT2D eigenvalue weighted by Gasteiger charge is 2.44. The summed E-state index contributed by atoms with van der Waals surface area (Å²) < 4.78 is 6.36. The minimum absolute atomic E-state index is 0.103. The number of ether oxygens (including phenoxy) is 1. The Morgan fingerprint density at radius 1 is 1.04 bits per heavy atom. The van der Waals surface area contributed by atoms with Crippen LogP contribution in [0.1, 0.15) is 35.7 Å². The SMILES string of the molecule is CCOC(=O)C1(c2ccccc2)CCN(CC(=O)c2ccc(Br)cc2)CC1. The molecule has 1 aliphatic rings. The smallest absolute Gasteiger partial charge is 0.316 e. The molecule has 0 radical (unpaired) electrons. The van der Waals surface area contributed by atoms with Crippen molar-refractivity contribution in [2.75, 3.05) is 26.2 Å². The Morgan fingerprint density at radius 3 is 2.26 bits per heavy atom. The van der Waals surface area contributed by atoms with E-state index in [-0.39, 0.29) is 11.8 Å². The lowest BCUT2D eigenvalue weighted by Crippen LogP contribution is -2.49. The lowest BCUT2D eigenvalue weighted by Gasteiger charge is -2.40. The second kappa shape index (κ2) is 8.81. The molecule has 3 rings (SSSR count). The predicted octanol–water partition coefficient (Wildman–Crippen LogP) is 4.23. The molecule has 1 fully saturated rings. The molecule has 1 saturated heterocycles. The Kier molecular flexibility index (Phi) is 6.45. The van der Waals surface area contributed by atoms with Gasteiger partial charge in [-0.15, -0.1) is 0 Å². The highest BCUT2D eigenvalue weighted by Crippen LogP contribution is 2.37. The van der Waals surface area contributed by atoms with Crippen LogP contribution in [-0.2, 0) is 14.9 Å². The fraction of sp³-hybridized carbons (Fsp3) is 0.364. The third-order valence-corrected chi connectivity index (χ3v) is 5.76. The van der Waals surface area contributed by atoms with Gasteiger partial charge in [0, 0.05) is 23.1 Å². The minimum Gasteiger partial charge on any atom is -0.465 e. The number of benzene rings is 2. The van der Waals surface area contributed by atoms with Crippen LogP contribution in [0.3, 0.4) is 0 Å². The second-order valence-electron chi connectivity index (χ2n) is 6.87. The van der Waals surface area contributed by atoms with Crippen molar-refractivity contribution in [1.82, 2.24) is 4.90 Å². The largest absolute Gasteiger partial charge is 0.465 e. The lowest BCUT2D eigenvalue weighted by molar-refractivity contribution is -0.152. The van der Waals surface area contributed by atoms with E-state index in [4.69, 9.17) is 4.74 Å². The summed E-state index contributed by atoms with van der Waals surface area (Å²) in [5, 5.41) is 0. The summed E-state index contributed by atoms with van der Waals surface area (Å²) in [5.41, 5.74) is 1.10. The van der Waals surface area contributed by atoms with E-state index >= 15 is 0 Å². The molecule has 1 aliphatic heterocycles. The number of rotatable bonds is 6. The van der Waals surface area contributed by atoms with Crippen molar-refractivity contribution in [1.29, 1.82) is 0 Å². The van der Waals surface area contributed by atoms with Crippen LogP contribution in [0.5, 0.6) is 0 Å². The van der Waals surface area contributed by atoms with Gasteiger partial charge in [0.05, 0.1) is 18.6 Å². The molecular formula is C22H24BrNO3. The summed E-state index contributed by atoms with van der Waals surface area (Å²) in [6, 6.07) is 17.3. The number of nitrogens with zero attached hydrogens (tertiary/aromatic N) is 1. The Bertz CT molecular complexity index is 781. The normalized spacial score (nSPS) is 16.7. The Labute approximate surface area is 168 Å². The Morgan fingerprint density at radius 2 is 1.67 bits per heavy atom. The van der Waals surface area contributed by atoms with Crippen molar-refractivity contribution in [2.45, 2.75) is 25.2 Å². The van der Waals surface area contributed by atoms with Crippen LogP contribution in [-0.4, -0.2) is 42.9 Å². The number of esters is 1. The van der Waals surface area contributed by atoms with E-state index in [1.165, 1.54) is 0 Å². The predicted molar refractivity (Wildman–Crippen MR) is 109 cm³/mol. The van der Waals surface area contributed by atoms with Crippen LogP contribution in [0.4, 0.5) is 0 Å². The first kappa shape index (κ1) is 19.8. The number of hydrogen-bond acceptors (Lipinski definition) is 4. The molecule has 0 aromatic heterocycles. The number of halogens is 1. The summed E-state index contributed by atoms with van der Waals surface area (Å²) in [4.78, 5) is 27.5. The highest BCUT2D eigenvalue weighted by atomic mass is 79.9. The Balaban J connectivity index is 1.70. The number of carbonyl (C=O) groups excluding carboxylic acids is 2. The zero-order valence-corrected chi connectivity index (χ0v) is 17.1. The van der Waals surface area contributed by atoms with Gasteiger partial charge in [-0.2, -0.15) is 0 Å². The van der Waals surface area contributed by atoms with Gasteiger partial charge in [-0.1, -0.05) is 58.4 Å². The maximum absolute atomic E-state index is 12.8. The average molecular weight is 430 g/mol. The number of piperidine rings is 1. The number of hydrogen-bond donors (Lipinski definition) is 0. The molecule has 5 heteroatoms. The maximum atomic E-state index is 12.8. The molecular weight excluding hydrogens is 406 g/mol. The topological polar surface area (TPSA) is 46.6 Å².